The first-order valence-electron chi connectivity index (χ1n) is 6.17. The minimum atomic E-state index is -0.131. The van der Waals surface area contributed by atoms with Crippen molar-refractivity contribution in [1.82, 2.24) is 14.5 Å². The molecule has 3 rings (SSSR count). The molecule has 2 aromatic heterocycles. The summed E-state index contributed by atoms with van der Waals surface area (Å²) in [6.45, 7) is 0.0378. The van der Waals surface area contributed by atoms with Gasteiger partial charge in [0.1, 0.15) is 6.23 Å². The molecule has 0 saturated carbocycles. The Morgan fingerprint density at radius 1 is 1.53 bits per heavy atom. The molecule has 0 amide bonds. The average molecular weight is 264 g/mol. The number of hydrogen-bond donors (Lipinski definition) is 2. The molecule has 2 atom stereocenters. The number of ether oxygens (including phenoxy) is 2. The van der Waals surface area contributed by atoms with Gasteiger partial charge in [-0.2, -0.15) is 9.97 Å². The van der Waals surface area contributed by atoms with Crippen LogP contribution in [0.1, 0.15) is 19.1 Å². The first-order chi connectivity index (χ1) is 9.22. The van der Waals surface area contributed by atoms with Gasteiger partial charge in [-0.25, -0.2) is 0 Å². The zero-order chi connectivity index (χ0) is 13.4. The number of nitrogen functional groups attached to an aromatic ring is 1. The Balaban J connectivity index is 2.03. The lowest BCUT2D eigenvalue weighted by molar-refractivity contribution is -0.0204. The number of aromatic nitrogens is 3. The predicted octanol–water partition coefficient (Wildman–Crippen LogP) is 0.692. The van der Waals surface area contributed by atoms with Crippen molar-refractivity contribution >= 4 is 17.0 Å². The molecule has 7 nitrogen and oxygen atoms in total. The SMILES string of the molecule is COc1nc(N)nc2c1ccn2[C@H]1CC[C@@H](CO)O1. The summed E-state index contributed by atoms with van der Waals surface area (Å²) >= 11 is 0. The molecule has 0 radical (unpaired) electrons. The third-order valence-electron chi connectivity index (χ3n) is 3.35. The summed E-state index contributed by atoms with van der Waals surface area (Å²) in [7, 11) is 1.55. The van der Waals surface area contributed by atoms with E-state index in [1.165, 1.54) is 0 Å². The van der Waals surface area contributed by atoms with Crippen molar-refractivity contribution in [1.29, 1.82) is 0 Å². The second kappa shape index (κ2) is 4.67. The molecule has 0 bridgehead atoms. The van der Waals surface area contributed by atoms with E-state index in [2.05, 4.69) is 9.97 Å². The van der Waals surface area contributed by atoms with Crippen molar-refractivity contribution in [2.24, 2.45) is 0 Å². The maximum atomic E-state index is 9.12. The smallest absolute Gasteiger partial charge is 0.227 e. The van der Waals surface area contributed by atoms with Crippen LogP contribution in [0.3, 0.4) is 0 Å². The van der Waals surface area contributed by atoms with E-state index < -0.39 is 0 Å². The van der Waals surface area contributed by atoms with Crippen LogP contribution >= 0.6 is 0 Å². The first kappa shape index (κ1) is 12.2. The van der Waals surface area contributed by atoms with Crippen LogP contribution in [0.5, 0.6) is 5.88 Å². The fourth-order valence-electron chi connectivity index (χ4n) is 2.44. The fraction of sp³-hybridized carbons (Fsp3) is 0.500. The van der Waals surface area contributed by atoms with Crippen LogP contribution in [0.4, 0.5) is 5.95 Å². The van der Waals surface area contributed by atoms with Crippen molar-refractivity contribution in [2.45, 2.75) is 25.2 Å². The summed E-state index contributed by atoms with van der Waals surface area (Å²) in [5.74, 6) is 0.624. The maximum Gasteiger partial charge on any atom is 0.227 e. The zero-order valence-electron chi connectivity index (χ0n) is 10.6. The molecule has 0 aromatic carbocycles. The molecule has 7 heteroatoms. The molecule has 102 valence electrons. The minimum Gasteiger partial charge on any atom is -0.480 e. The number of nitrogens with zero attached hydrogens (tertiary/aromatic N) is 3. The Bertz CT molecular complexity index is 598. The Morgan fingerprint density at radius 3 is 3.05 bits per heavy atom. The summed E-state index contributed by atoms with van der Waals surface area (Å²) in [4.78, 5) is 8.29. The summed E-state index contributed by atoms with van der Waals surface area (Å²) < 4.78 is 12.9. The normalized spacial score (nSPS) is 23.1. The molecule has 1 saturated heterocycles. The summed E-state index contributed by atoms with van der Waals surface area (Å²) in [5.41, 5.74) is 6.37. The highest BCUT2D eigenvalue weighted by atomic mass is 16.5. The van der Waals surface area contributed by atoms with Gasteiger partial charge in [-0.1, -0.05) is 0 Å². The van der Waals surface area contributed by atoms with Crippen LogP contribution in [-0.4, -0.2) is 39.5 Å². The second-order valence-electron chi connectivity index (χ2n) is 4.52. The van der Waals surface area contributed by atoms with Gasteiger partial charge in [-0.15, -0.1) is 0 Å². The lowest BCUT2D eigenvalue weighted by Crippen LogP contribution is -2.14. The van der Waals surface area contributed by atoms with Crippen LogP contribution in [0.15, 0.2) is 12.3 Å². The number of methoxy groups -OCH3 is 1. The lowest BCUT2D eigenvalue weighted by atomic mass is 10.2. The third-order valence-corrected chi connectivity index (χ3v) is 3.35. The number of anilines is 1. The van der Waals surface area contributed by atoms with E-state index in [0.29, 0.717) is 11.5 Å². The number of nitrogens with two attached hydrogens (primary N) is 1. The summed E-state index contributed by atoms with van der Waals surface area (Å²) in [6.07, 6.45) is 3.31. The van der Waals surface area contributed by atoms with Crippen molar-refractivity contribution in [3.8, 4) is 5.88 Å². The highest BCUT2D eigenvalue weighted by molar-refractivity contribution is 5.82. The van der Waals surface area contributed by atoms with E-state index in [-0.39, 0.29) is 24.9 Å². The van der Waals surface area contributed by atoms with E-state index in [0.717, 1.165) is 18.2 Å². The molecule has 2 aromatic rings. The highest BCUT2D eigenvalue weighted by Gasteiger charge is 2.27. The van der Waals surface area contributed by atoms with Crippen molar-refractivity contribution < 1.29 is 14.6 Å². The number of aliphatic hydroxyl groups is 1. The van der Waals surface area contributed by atoms with Gasteiger partial charge in [0.05, 0.1) is 25.2 Å². The van der Waals surface area contributed by atoms with Crippen LogP contribution in [0.2, 0.25) is 0 Å². The molecule has 0 spiro atoms. The second-order valence-corrected chi connectivity index (χ2v) is 4.52. The molecule has 3 N–H and O–H groups in total. The molecule has 1 aliphatic rings. The zero-order valence-corrected chi connectivity index (χ0v) is 10.6. The molecular weight excluding hydrogens is 248 g/mol. The van der Waals surface area contributed by atoms with Crippen LogP contribution in [0, 0.1) is 0 Å². The van der Waals surface area contributed by atoms with Crippen LogP contribution in [-0.2, 0) is 4.74 Å². The molecule has 1 aliphatic heterocycles. The number of fused-ring (bicyclic) bond motifs is 1. The average Bonchev–Trinajstić information content (AvgIpc) is 3.03. The van der Waals surface area contributed by atoms with Crippen LogP contribution in [0.25, 0.3) is 11.0 Å². The largest absolute Gasteiger partial charge is 0.480 e. The van der Waals surface area contributed by atoms with Gasteiger partial charge < -0.3 is 24.9 Å². The van der Waals surface area contributed by atoms with Crippen molar-refractivity contribution in [3.63, 3.8) is 0 Å². The molecule has 0 unspecified atom stereocenters. The monoisotopic (exact) mass is 264 g/mol. The highest BCUT2D eigenvalue weighted by Crippen LogP contribution is 2.33. The van der Waals surface area contributed by atoms with Crippen molar-refractivity contribution in [3.05, 3.63) is 12.3 Å². The summed E-state index contributed by atoms with van der Waals surface area (Å²) in [5, 5.41) is 9.92. The van der Waals surface area contributed by atoms with Gasteiger partial charge >= 0.3 is 0 Å². The molecule has 0 aliphatic carbocycles. The van der Waals surface area contributed by atoms with Crippen molar-refractivity contribution in [2.75, 3.05) is 19.5 Å². The van der Waals surface area contributed by atoms with E-state index in [1.807, 2.05) is 16.8 Å². The molecule has 1 fully saturated rings. The maximum absolute atomic E-state index is 9.12. The summed E-state index contributed by atoms with van der Waals surface area (Å²) in [6, 6.07) is 1.88. The molecular formula is C12H16N4O3. The lowest BCUT2D eigenvalue weighted by Gasteiger charge is -2.15. The Labute approximate surface area is 110 Å². The standard InChI is InChI=1S/C12H16N4O3/c1-18-11-8-4-5-16(10(8)14-12(13)15-11)9-3-2-7(6-17)19-9/h4-5,7,9,17H,2-3,6H2,1H3,(H2,13,14,15)/t7-,9+/m0/s1. The van der Waals surface area contributed by atoms with Gasteiger partial charge in [-0.3, -0.25) is 0 Å². The van der Waals surface area contributed by atoms with Gasteiger partial charge in [-0.05, 0) is 18.9 Å². The molecule has 3 heterocycles. The predicted molar refractivity (Wildman–Crippen MR) is 68.7 cm³/mol. The van der Waals surface area contributed by atoms with Gasteiger partial charge in [0.25, 0.3) is 0 Å². The van der Waals surface area contributed by atoms with Gasteiger partial charge in [0.15, 0.2) is 5.65 Å². The quantitative estimate of drug-likeness (QED) is 0.847. The Kier molecular flexibility index (Phi) is 3.00. The third kappa shape index (κ3) is 2.00. The Morgan fingerprint density at radius 2 is 2.37 bits per heavy atom. The number of rotatable bonds is 3. The Hall–Kier alpha value is -1.86. The van der Waals surface area contributed by atoms with E-state index in [1.54, 1.807) is 7.11 Å². The minimum absolute atomic E-state index is 0.0378. The van der Waals surface area contributed by atoms with E-state index in [9.17, 15) is 0 Å². The van der Waals surface area contributed by atoms with E-state index in [4.69, 9.17) is 20.3 Å². The topological polar surface area (TPSA) is 95.4 Å². The number of hydrogen-bond acceptors (Lipinski definition) is 6. The van der Waals surface area contributed by atoms with Gasteiger partial charge in [0, 0.05) is 6.20 Å². The number of aliphatic hydroxyl groups excluding tert-OH is 1. The van der Waals surface area contributed by atoms with Crippen LogP contribution < -0.4 is 10.5 Å². The van der Waals surface area contributed by atoms with E-state index >= 15 is 0 Å². The van der Waals surface area contributed by atoms with Gasteiger partial charge in [0.2, 0.25) is 11.8 Å². The first-order valence-corrected chi connectivity index (χ1v) is 6.17. The molecule has 19 heavy (non-hydrogen) atoms. The fourth-order valence-corrected chi connectivity index (χ4v) is 2.44.